The first-order valence-electron chi connectivity index (χ1n) is 3.65. The minimum absolute atomic E-state index is 0.273. The molecule has 66 valence electrons. The quantitative estimate of drug-likeness (QED) is 0.463. The molecule has 0 fully saturated rings. The summed E-state index contributed by atoms with van der Waals surface area (Å²) in [6.07, 6.45) is 0. The molecular weight excluding hydrogens is 142 g/mol. The number of esters is 1. The highest BCUT2D eigenvalue weighted by Gasteiger charge is 2.27. The maximum atomic E-state index is 11.2. The zero-order valence-electron chi connectivity index (χ0n) is 7.89. The van der Waals surface area contributed by atoms with Gasteiger partial charge in [0.2, 0.25) is 0 Å². The van der Waals surface area contributed by atoms with Crippen LogP contribution in [0, 0.1) is 5.41 Å². The summed E-state index contributed by atoms with van der Waals surface area (Å²) in [6.45, 7) is 8.68. The Bertz CT molecular complexity index is 150. The average molecular weight is 159 g/mol. The van der Waals surface area contributed by atoms with Crippen LogP contribution in [0.3, 0.4) is 0 Å². The molecule has 3 nitrogen and oxygen atoms in total. The van der Waals surface area contributed by atoms with Gasteiger partial charge in [0.05, 0.1) is 5.41 Å². The fraction of sp³-hybridized carbons (Fsp3) is 0.875. The van der Waals surface area contributed by atoms with Gasteiger partial charge in [0.1, 0.15) is 0 Å². The lowest BCUT2D eigenvalue weighted by Gasteiger charge is -2.25. The van der Waals surface area contributed by atoms with E-state index in [0.717, 1.165) is 0 Å². The lowest BCUT2D eigenvalue weighted by Crippen LogP contribution is -2.41. The van der Waals surface area contributed by atoms with Gasteiger partial charge in [0.25, 0.3) is 0 Å². The number of rotatable bonds is 1. The van der Waals surface area contributed by atoms with E-state index in [-0.39, 0.29) is 5.97 Å². The Kier molecular flexibility index (Phi) is 2.67. The number of hydrogen-bond acceptors (Lipinski definition) is 3. The second-order valence-electron chi connectivity index (χ2n) is 4.24. The fourth-order valence-corrected chi connectivity index (χ4v) is 0.392. The molecule has 3 heteroatoms. The third-order valence-corrected chi connectivity index (χ3v) is 0.968. The molecule has 0 saturated heterocycles. The first kappa shape index (κ1) is 10.4. The molecule has 0 aromatic rings. The summed E-state index contributed by atoms with van der Waals surface area (Å²) in [6, 6.07) is 0. The predicted molar refractivity (Wildman–Crippen MR) is 43.8 cm³/mol. The van der Waals surface area contributed by atoms with Crippen molar-refractivity contribution < 1.29 is 9.53 Å². The van der Waals surface area contributed by atoms with Crippen LogP contribution in [0.15, 0.2) is 0 Å². The minimum Gasteiger partial charge on any atom is -0.444 e. The highest BCUT2D eigenvalue weighted by atomic mass is 16.6. The predicted octanol–water partition coefficient (Wildman–Crippen LogP) is 1.27. The Morgan fingerprint density at radius 3 is 1.64 bits per heavy atom. The molecule has 0 bridgehead atoms. The van der Waals surface area contributed by atoms with Gasteiger partial charge in [0, 0.05) is 0 Å². The standard InChI is InChI=1S/C8H17NO2/c1-7(2,3)6(10)11-8(4,5)9/h9H2,1-5H3. The van der Waals surface area contributed by atoms with Crippen LogP contribution in [0.25, 0.3) is 0 Å². The van der Waals surface area contributed by atoms with E-state index in [1.807, 2.05) is 0 Å². The van der Waals surface area contributed by atoms with Crippen LogP contribution in [-0.4, -0.2) is 11.7 Å². The van der Waals surface area contributed by atoms with E-state index in [9.17, 15) is 4.79 Å². The van der Waals surface area contributed by atoms with Gasteiger partial charge in [-0.1, -0.05) is 0 Å². The molecular formula is C8H17NO2. The van der Waals surface area contributed by atoms with Gasteiger partial charge >= 0.3 is 5.97 Å². The van der Waals surface area contributed by atoms with Crippen molar-refractivity contribution in [3.63, 3.8) is 0 Å². The van der Waals surface area contributed by atoms with E-state index in [1.54, 1.807) is 34.6 Å². The van der Waals surface area contributed by atoms with Crippen molar-refractivity contribution in [1.29, 1.82) is 0 Å². The van der Waals surface area contributed by atoms with Crippen molar-refractivity contribution in [2.24, 2.45) is 11.1 Å². The second kappa shape index (κ2) is 2.81. The number of ether oxygens (including phenoxy) is 1. The van der Waals surface area contributed by atoms with Crippen molar-refractivity contribution >= 4 is 5.97 Å². The van der Waals surface area contributed by atoms with Crippen molar-refractivity contribution in [2.45, 2.75) is 40.3 Å². The summed E-state index contributed by atoms with van der Waals surface area (Å²) >= 11 is 0. The lowest BCUT2D eigenvalue weighted by molar-refractivity contribution is -0.165. The summed E-state index contributed by atoms with van der Waals surface area (Å²) in [7, 11) is 0. The zero-order chi connectivity index (χ0) is 9.28. The van der Waals surface area contributed by atoms with E-state index in [4.69, 9.17) is 10.5 Å². The van der Waals surface area contributed by atoms with E-state index in [2.05, 4.69) is 0 Å². The van der Waals surface area contributed by atoms with Gasteiger partial charge in [-0.05, 0) is 34.6 Å². The molecule has 0 aromatic carbocycles. The Labute approximate surface area is 67.9 Å². The van der Waals surface area contributed by atoms with Crippen LogP contribution in [0.2, 0.25) is 0 Å². The zero-order valence-corrected chi connectivity index (χ0v) is 7.89. The molecule has 0 aliphatic rings. The average Bonchev–Trinajstić information content (AvgIpc) is 1.56. The minimum atomic E-state index is -0.871. The number of carbonyl (C=O) groups is 1. The van der Waals surface area contributed by atoms with Gasteiger partial charge < -0.3 is 4.74 Å². The molecule has 0 rings (SSSR count). The van der Waals surface area contributed by atoms with Crippen LogP contribution in [0.1, 0.15) is 34.6 Å². The summed E-state index contributed by atoms with van der Waals surface area (Å²) in [5.74, 6) is -0.273. The van der Waals surface area contributed by atoms with Crippen molar-refractivity contribution in [3.8, 4) is 0 Å². The number of nitrogens with two attached hydrogens (primary N) is 1. The maximum absolute atomic E-state index is 11.2. The smallest absolute Gasteiger partial charge is 0.312 e. The molecule has 0 aliphatic carbocycles. The highest BCUT2D eigenvalue weighted by molar-refractivity contribution is 5.75. The second-order valence-corrected chi connectivity index (χ2v) is 4.24. The Hall–Kier alpha value is -0.570. The molecule has 0 spiro atoms. The Morgan fingerprint density at radius 2 is 1.55 bits per heavy atom. The van der Waals surface area contributed by atoms with E-state index in [0.29, 0.717) is 0 Å². The van der Waals surface area contributed by atoms with Gasteiger partial charge in [-0.3, -0.25) is 10.5 Å². The third-order valence-electron chi connectivity index (χ3n) is 0.968. The van der Waals surface area contributed by atoms with Crippen molar-refractivity contribution in [2.75, 3.05) is 0 Å². The normalized spacial score (nSPS) is 12.9. The third kappa shape index (κ3) is 4.79. The van der Waals surface area contributed by atoms with Crippen LogP contribution in [0.5, 0.6) is 0 Å². The SMILES string of the molecule is CC(C)(N)OC(=O)C(C)(C)C. The van der Waals surface area contributed by atoms with E-state index >= 15 is 0 Å². The number of carbonyl (C=O) groups excluding carboxylic acids is 1. The van der Waals surface area contributed by atoms with Crippen LogP contribution < -0.4 is 5.73 Å². The summed E-state index contributed by atoms with van der Waals surface area (Å²) < 4.78 is 4.94. The molecule has 0 aromatic heterocycles. The molecule has 0 saturated carbocycles. The molecule has 0 atom stereocenters. The molecule has 0 aliphatic heterocycles. The Balaban J connectivity index is 4.11. The summed E-state index contributed by atoms with van der Waals surface area (Å²) in [4.78, 5) is 11.2. The lowest BCUT2D eigenvalue weighted by atomic mass is 9.97. The fourth-order valence-electron chi connectivity index (χ4n) is 0.392. The van der Waals surface area contributed by atoms with E-state index in [1.165, 1.54) is 0 Å². The highest BCUT2D eigenvalue weighted by Crippen LogP contribution is 2.17. The topological polar surface area (TPSA) is 52.3 Å². The molecule has 0 radical (unpaired) electrons. The first-order chi connectivity index (χ1) is 4.63. The van der Waals surface area contributed by atoms with Gasteiger partial charge in [-0.15, -0.1) is 0 Å². The van der Waals surface area contributed by atoms with Gasteiger partial charge in [-0.25, -0.2) is 0 Å². The molecule has 0 unspecified atom stereocenters. The molecule has 0 amide bonds. The van der Waals surface area contributed by atoms with Crippen molar-refractivity contribution in [3.05, 3.63) is 0 Å². The van der Waals surface area contributed by atoms with Gasteiger partial charge in [-0.2, -0.15) is 0 Å². The Morgan fingerprint density at radius 1 is 1.18 bits per heavy atom. The van der Waals surface area contributed by atoms with Crippen LogP contribution >= 0.6 is 0 Å². The molecule has 2 N–H and O–H groups in total. The van der Waals surface area contributed by atoms with Crippen molar-refractivity contribution in [1.82, 2.24) is 0 Å². The largest absolute Gasteiger partial charge is 0.444 e. The van der Waals surface area contributed by atoms with Gasteiger partial charge in [0.15, 0.2) is 5.72 Å². The molecule has 0 heterocycles. The van der Waals surface area contributed by atoms with Crippen LogP contribution in [0.4, 0.5) is 0 Å². The molecule has 11 heavy (non-hydrogen) atoms. The number of hydrogen-bond donors (Lipinski definition) is 1. The first-order valence-corrected chi connectivity index (χ1v) is 3.65. The van der Waals surface area contributed by atoms with Crippen LogP contribution in [-0.2, 0) is 9.53 Å². The summed E-state index contributed by atoms with van der Waals surface area (Å²) in [5.41, 5.74) is 4.14. The van der Waals surface area contributed by atoms with E-state index < -0.39 is 11.1 Å². The monoisotopic (exact) mass is 159 g/mol. The maximum Gasteiger partial charge on any atom is 0.312 e. The summed E-state index contributed by atoms with van der Waals surface area (Å²) in [5, 5.41) is 0.